The van der Waals surface area contributed by atoms with Crippen molar-refractivity contribution in [2.24, 2.45) is 82.9 Å². The normalized spacial score (nSPS) is 19.6. The predicted molar refractivity (Wildman–Crippen MR) is 613 cm³/mol. The van der Waals surface area contributed by atoms with Crippen LogP contribution in [-0.4, -0.2) is 83.5 Å². The van der Waals surface area contributed by atoms with Gasteiger partial charge < -0.3 is 68.5 Å². The van der Waals surface area contributed by atoms with Crippen LogP contribution in [0.2, 0.25) is 0 Å². The third-order valence-corrected chi connectivity index (χ3v) is 33.2. The molecule has 14 heteroatoms. The van der Waals surface area contributed by atoms with E-state index in [9.17, 15) is 30.6 Å². The van der Waals surface area contributed by atoms with Gasteiger partial charge in [0.1, 0.15) is 46.0 Å². The molecule has 5 unspecified atom stereocenters. The highest BCUT2D eigenvalue weighted by molar-refractivity contribution is 5.36. The van der Waals surface area contributed by atoms with Crippen molar-refractivity contribution in [3.05, 3.63) is 239 Å². The summed E-state index contributed by atoms with van der Waals surface area (Å²) in [5, 5.41) is 61.2. The molecular weight excluding hydrogens is 1830 g/mol. The minimum absolute atomic E-state index is 0.281. The van der Waals surface area contributed by atoms with Crippen molar-refractivity contribution in [3.8, 4) is 46.0 Å². The molecule has 9 aliphatic rings. The maximum atomic E-state index is 10.5. The third kappa shape index (κ3) is 46.1. The summed E-state index contributed by atoms with van der Waals surface area (Å²) < 4.78 is 47.1. The Balaban J connectivity index is 0.000000173. The molecule has 9 fully saturated rings. The van der Waals surface area contributed by atoms with Gasteiger partial charge in [-0.1, -0.05) is 328 Å². The molecule has 9 aliphatic carbocycles. The highest BCUT2D eigenvalue weighted by Gasteiger charge is 2.40. The summed E-state index contributed by atoms with van der Waals surface area (Å²) in [5.41, 5.74) is 8.68. The molecule has 0 radical (unpaired) electrons. The van der Waals surface area contributed by atoms with Crippen molar-refractivity contribution in [2.75, 3.05) is 52.9 Å². The number of rotatable bonds is 49. The predicted octanol–water partition coefficient (Wildman–Crippen LogP) is 35.0. The molecule has 0 aromatic heterocycles. The quantitative estimate of drug-likeness (QED) is 0.0211. The lowest BCUT2D eigenvalue weighted by molar-refractivity contribution is 0.103. The summed E-state index contributed by atoms with van der Waals surface area (Å²) in [5.74, 6) is 16.6. The van der Waals surface area contributed by atoms with E-state index in [1.165, 1.54) is 249 Å². The van der Waals surface area contributed by atoms with Gasteiger partial charge in [-0.25, -0.2) is 0 Å². The molecule has 0 spiro atoms. The van der Waals surface area contributed by atoms with Gasteiger partial charge in [-0.15, -0.1) is 0 Å². The molecule has 148 heavy (non-hydrogen) atoms. The van der Waals surface area contributed by atoms with Crippen molar-refractivity contribution in [2.45, 2.75) is 415 Å². The Morgan fingerprint density at radius 3 is 0.743 bits per heavy atom. The average molecular weight is 2040 g/mol. The molecule has 0 heterocycles. The molecular formula is C134H202O14. The summed E-state index contributed by atoms with van der Waals surface area (Å²) in [6, 6.07) is 64.9. The fourth-order valence-electron chi connectivity index (χ4n) is 21.6. The number of benzene rings is 8. The fourth-order valence-corrected chi connectivity index (χ4v) is 21.6. The molecule has 6 N–H and O–H groups in total. The van der Waals surface area contributed by atoms with E-state index in [0.29, 0.717) is 29.6 Å². The van der Waals surface area contributed by atoms with Crippen LogP contribution in [0.15, 0.2) is 194 Å². The van der Waals surface area contributed by atoms with E-state index in [0.717, 1.165) is 226 Å². The topological polar surface area (TPSA) is 195 Å². The highest BCUT2D eigenvalue weighted by Crippen LogP contribution is 2.49. The van der Waals surface area contributed by atoms with Gasteiger partial charge in [-0.2, -0.15) is 0 Å². The number of hydrogen-bond donors (Lipinski definition) is 6. The molecule has 9 saturated carbocycles. The molecule has 2 bridgehead atoms. The second kappa shape index (κ2) is 70.3. The lowest BCUT2D eigenvalue weighted by atomic mass is 9.86. The maximum absolute atomic E-state index is 10.5. The van der Waals surface area contributed by atoms with Crippen LogP contribution in [0.4, 0.5) is 0 Å². The Labute approximate surface area is 898 Å². The Morgan fingerprint density at radius 2 is 0.500 bits per heavy atom. The monoisotopic (exact) mass is 2040 g/mol. The highest BCUT2D eigenvalue weighted by atomic mass is 16.5. The van der Waals surface area contributed by atoms with Crippen LogP contribution >= 0.6 is 0 Å². The molecule has 14 nitrogen and oxygen atoms in total. The largest absolute Gasteiger partial charge is 0.493 e. The van der Waals surface area contributed by atoms with Gasteiger partial charge in [0, 0.05) is 0 Å². The zero-order chi connectivity index (χ0) is 105. The first-order valence-electron chi connectivity index (χ1n) is 60.1. The van der Waals surface area contributed by atoms with Crippen LogP contribution < -0.4 is 37.9 Å². The molecule has 0 amide bonds. The second-order valence-corrected chi connectivity index (χ2v) is 45.7. The number of unbranched alkanes of at least 4 members (excludes halogenated alkanes) is 2. The van der Waals surface area contributed by atoms with Gasteiger partial charge in [-0.3, -0.25) is 0 Å². The average Bonchev–Trinajstić information content (AvgIpc) is 1.67. The SMILES string of the molecule is CCC(CC)[C@@H](O)c1cccc(OCC2CCCCC2)c1.CCCC(O)c1cccc(OCC2CC2)c1.CCCC(O)c1cccc(OCC2CC3CCC2C3)c1.CCCCc1cccc(OCC2CC2)c1.CCCCc1cccc(OCC2CCC2)c1.CC[C@@H](C)[C@@H](O)c1cccc(OCC2CCCCC2)c1.CC[C@@H](C)[C@H](O)c1cccc(OCC2CCCCC2)c1.CC[C@H](C)[C@@H](O)c1cccc(OCC2CCCCC2)c1. The van der Waals surface area contributed by atoms with Crippen LogP contribution in [0.25, 0.3) is 0 Å². The van der Waals surface area contributed by atoms with Crippen molar-refractivity contribution in [1.82, 2.24) is 0 Å². The van der Waals surface area contributed by atoms with E-state index >= 15 is 0 Å². The summed E-state index contributed by atoms with van der Waals surface area (Å²) >= 11 is 0. The summed E-state index contributed by atoms with van der Waals surface area (Å²) in [7, 11) is 0. The van der Waals surface area contributed by atoms with E-state index in [-0.39, 0.29) is 36.1 Å². The minimum Gasteiger partial charge on any atom is -0.493 e. The van der Waals surface area contributed by atoms with Crippen LogP contribution in [0.3, 0.4) is 0 Å². The molecule has 822 valence electrons. The number of aliphatic hydroxyl groups excluding tert-OH is 6. The zero-order valence-electron chi connectivity index (χ0n) is 94.2. The van der Waals surface area contributed by atoms with Crippen molar-refractivity contribution < 1.29 is 68.5 Å². The summed E-state index contributed by atoms with van der Waals surface area (Å²) in [6.45, 7) is 32.3. The van der Waals surface area contributed by atoms with Gasteiger partial charge in [0.25, 0.3) is 0 Å². The van der Waals surface area contributed by atoms with Gasteiger partial charge in [0.15, 0.2) is 0 Å². The zero-order valence-corrected chi connectivity index (χ0v) is 94.2. The Morgan fingerprint density at radius 1 is 0.243 bits per heavy atom. The molecule has 8 aromatic rings. The van der Waals surface area contributed by atoms with E-state index < -0.39 is 18.3 Å². The van der Waals surface area contributed by atoms with E-state index in [1.807, 2.05) is 146 Å². The van der Waals surface area contributed by atoms with Crippen molar-refractivity contribution >= 4 is 0 Å². The van der Waals surface area contributed by atoms with Crippen LogP contribution in [0.5, 0.6) is 46.0 Å². The molecule has 0 saturated heterocycles. The molecule has 17 rings (SSSR count). The molecule has 0 aliphatic heterocycles. The first kappa shape index (κ1) is 122. The maximum Gasteiger partial charge on any atom is 0.119 e. The Hall–Kier alpha value is -8.08. The molecule has 12 atom stereocenters. The third-order valence-electron chi connectivity index (χ3n) is 33.2. The Kier molecular flexibility index (Phi) is 57.8. The number of aliphatic hydroxyl groups is 6. The fraction of sp³-hybridized carbons (Fsp3) is 0.642. The lowest BCUT2D eigenvalue weighted by Gasteiger charge is -2.25. The van der Waals surface area contributed by atoms with E-state index in [4.69, 9.17) is 37.9 Å². The molecule has 8 aromatic carbocycles. The van der Waals surface area contributed by atoms with Crippen molar-refractivity contribution in [3.63, 3.8) is 0 Å². The van der Waals surface area contributed by atoms with Gasteiger partial charge in [-0.05, 0) is 372 Å². The van der Waals surface area contributed by atoms with Gasteiger partial charge in [0.2, 0.25) is 0 Å². The smallest absolute Gasteiger partial charge is 0.119 e. The van der Waals surface area contributed by atoms with Crippen LogP contribution in [-0.2, 0) is 12.8 Å². The van der Waals surface area contributed by atoms with Gasteiger partial charge >= 0.3 is 0 Å². The lowest BCUT2D eigenvalue weighted by Crippen LogP contribution is -2.19. The first-order valence-corrected chi connectivity index (χ1v) is 60.1. The van der Waals surface area contributed by atoms with Crippen LogP contribution in [0.1, 0.15) is 447 Å². The Bertz CT molecular complexity index is 4570. The summed E-state index contributed by atoms with van der Waals surface area (Å²) in [6.07, 6.45) is 55.5. The van der Waals surface area contributed by atoms with Crippen molar-refractivity contribution in [1.29, 1.82) is 0 Å². The van der Waals surface area contributed by atoms with Gasteiger partial charge in [0.05, 0.1) is 89.5 Å². The van der Waals surface area contributed by atoms with Crippen LogP contribution in [0, 0.1) is 82.9 Å². The second-order valence-electron chi connectivity index (χ2n) is 45.7. The number of hydrogen-bond acceptors (Lipinski definition) is 14. The van der Waals surface area contributed by atoms with E-state index in [2.05, 4.69) is 132 Å². The summed E-state index contributed by atoms with van der Waals surface area (Å²) in [4.78, 5) is 0. The minimum atomic E-state index is -0.391. The van der Waals surface area contributed by atoms with E-state index in [1.54, 1.807) is 0 Å². The number of aryl methyl sites for hydroxylation is 2. The first-order chi connectivity index (χ1) is 72.2. The number of ether oxygens (including phenoxy) is 8. The standard InChI is InChI=1S/C19H30O2.C18H26O2.3C18H28O2.C15H22O.C14H20O2.C14H20O/c1-3-16(4-2)19(20)17-11-8-12-18(13-17)21-14-15-9-6-5-7-10-15;1-2-4-18(19)15-5-3-6-17(11-15)20-12-16-10-13-7-8-14(16)9-13;3*1-3-14(2)18(19)16-10-7-11-17(12-16)20-13-15-8-5-4-6-9-15;1-2-3-6-13-7-5-10-15(11-13)16-12-14-8-4-9-14;1-2-4-14(15)12-5-3-6-13(9-12)16-10-11-7-8-11;1-2-3-5-12-6-4-7-14(10-12)15-11-13-8-9-13/h8,11-13,15-16,19-20H,3-7,9-10,14H2,1-2H3;3,5-6,11,13-14,16,18-19H,2,4,7-10,12H2,1H3;3*7,10-12,14-15,18-19H,3-6,8-9,13H2,1-2H3;5,7,10-11,14H,2-4,6,8-9,12H2,1H3;3,5-6,9,11,14-15H,2,4,7-8,10H2,1H3;4,6-7,10,13H,2-3,5,8-9,11H2,1H3/t19-;;2*14-,18+;14-,18-;;;/m1.101.../s1. The number of fused-ring (bicyclic) bond motifs is 2.